The highest BCUT2D eigenvalue weighted by atomic mass is 32.2. The predicted molar refractivity (Wildman–Crippen MR) is 104 cm³/mol. The van der Waals surface area contributed by atoms with E-state index in [9.17, 15) is 17.6 Å². The number of methoxy groups -OCH3 is 2. The number of nitrogens with one attached hydrogen (secondary N) is 1. The zero-order valence-corrected chi connectivity index (χ0v) is 16.3. The Labute approximate surface area is 163 Å². The van der Waals surface area contributed by atoms with Crippen LogP contribution in [0, 0.1) is 5.82 Å². The largest absolute Gasteiger partial charge is 0.493 e. The van der Waals surface area contributed by atoms with Gasteiger partial charge in [0.15, 0.2) is 11.5 Å². The average Bonchev–Trinajstić information content (AvgIpc) is 2.70. The summed E-state index contributed by atoms with van der Waals surface area (Å²) >= 11 is 0. The van der Waals surface area contributed by atoms with Gasteiger partial charge in [-0.15, -0.1) is 6.58 Å². The molecule has 7 nitrogen and oxygen atoms in total. The highest BCUT2D eigenvalue weighted by molar-refractivity contribution is 7.92. The van der Waals surface area contributed by atoms with Crippen molar-refractivity contribution in [1.82, 2.24) is 5.32 Å². The number of halogens is 1. The van der Waals surface area contributed by atoms with Crippen LogP contribution < -0.4 is 19.1 Å². The van der Waals surface area contributed by atoms with Crippen LogP contribution in [0.2, 0.25) is 0 Å². The molecular weight excluding hydrogens is 387 g/mol. The molecule has 0 fully saturated rings. The third kappa shape index (κ3) is 4.61. The Morgan fingerprint density at radius 2 is 1.86 bits per heavy atom. The van der Waals surface area contributed by atoms with Gasteiger partial charge in [-0.2, -0.15) is 0 Å². The molecule has 0 spiro atoms. The van der Waals surface area contributed by atoms with Crippen molar-refractivity contribution in [3.05, 3.63) is 60.9 Å². The van der Waals surface area contributed by atoms with E-state index in [0.717, 1.165) is 6.07 Å². The molecule has 9 heteroatoms. The summed E-state index contributed by atoms with van der Waals surface area (Å²) in [6.07, 6.45) is 1.45. The van der Waals surface area contributed by atoms with Crippen LogP contribution in [0.3, 0.4) is 0 Å². The molecule has 0 heterocycles. The number of anilines is 1. The molecule has 0 unspecified atom stereocenters. The topological polar surface area (TPSA) is 84.9 Å². The van der Waals surface area contributed by atoms with Crippen LogP contribution >= 0.6 is 0 Å². The molecule has 0 atom stereocenters. The lowest BCUT2D eigenvalue weighted by Gasteiger charge is -2.24. The smallest absolute Gasteiger partial charge is 0.265 e. The summed E-state index contributed by atoms with van der Waals surface area (Å²) in [6.45, 7) is 3.03. The lowest BCUT2D eigenvalue weighted by atomic mass is 10.3. The Bertz CT molecular complexity index is 963. The molecule has 0 aliphatic carbocycles. The quantitative estimate of drug-likeness (QED) is 0.644. The van der Waals surface area contributed by atoms with Gasteiger partial charge in [-0.3, -0.25) is 9.10 Å². The number of nitrogens with zero attached hydrogens (tertiary/aromatic N) is 1. The zero-order chi connectivity index (χ0) is 20.7. The van der Waals surface area contributed by atoms with Crippen molar-refractivity contribution in [1.29, 1.82) is 0 Å². The van der Waals surface area contributed by atoms with E-state index in [0.29, 0.717) is 10.1 Å². The molecule has 28 heavy (non-hydrogen) atoms. The molecule has 0 aromatic heterocycles. The van der Waals surface area contributed by atoms with Crippen molar-refractivity contribution in [2.75, 3.05) is 31.6 Å². The van der Waals surface area contributed by atoms with Crippen LogP contribution in [-0.4, -0.2) is 41.6 Å². The minimum Gasteiger partial charge on any atom is -0.493 e. The number of hydrogen-bond acceptors (Lipinski definition) is 5. The molecule has 0 bridgehead atoms. The second-order valence-electron chi connectivity index (χ2n) is 5.57. The van der Waals surface area contributed by atoms with E-state index < -0.39 is 28.3 Å². The van der Waals surface area contributed by atoms with E-state index >= 15 is 0 Å². The Morgan fingerprint density at radius 3 is 2.46 bits per heavy atom. The van der Waals surface area contributed by atoms with Gasteiger partial charge in [0, 0.05) is 12.6 Å². The lowest BCUT2D eigenvalue weighted by molar-refractivity contribution is -0.119. The molecule has 0 aliphatic heterocycles. The molecule has 2 aromatic rings. The standard InChI is InChI=1S/C19H21FN2O5S/c1-4-11-21-19(23)13-22(16-8-6-5-7-15(16)20)28(24,25)14-9-10-17(26-2)18(12-14)27-3/h4-10,12H,1,11,13H2,2-3H3,(H,21,23). The second kappa shape index (κ2) is 9.23. The van der Waals surface area contributed by atoms with Crippen LogP contribution in [0.5, 0.6) is 11.5 Å². The second-order valence-corrected chi connectivity index (χ2v) is 7.43. The molecule has 1 amide bonds. The highest BCUT2D eigenvalue weighted by Crippen LogP contribution is 2.32. The summed E-state index contributed by atoms with van der Waals surface area (Å²) in [5.74, 6) is -0.855. The van der Waals surface area contributed by atoms with E-state index in [2.05, 4.69) is 11.9 Å². The molecule has 0 saturated heterocycles. The predicted octanol–water partition coefficient (Wildman–Crippen LogP) is 2.34. The summed E-state index contributed by atoms with van der Waals surface area (Å²) in [7, 11) is -1.50. The number of benzene rings is 2. The number of rotatable bonds is 9. The highest BCUT2D eigenvalue weighted by Gasteiger charge is 2.30. The Balaban J connectivity index is 2.53. The minimum atomic E-state index is -4.28. The molecule has 2 rings (SSSR count). The van der Waals surface area contributed by atoms with E-state index in [4.69, 9.17) is 9.47 Å². The third-order valence-electron chi connectivity index (χ3n) is 3.79. The maximum absolute atomic E-state index is 14.4. The molecule has 150 valence electrons. The first-order valence-electron chi connectivity index (χ1n) is 8.22. The summed E-state index contributed by atoms with van der Waals surface area (Å²) in [4.78, 5) is 12.0. The van der Waals surface area contributed by atoms with Gasteiger partial charge in [0.1, 0.15) is 12.4 Å². The van der Waals surface area contributed by atoms with Gasteiger partial charge in [-0.05, 0) is 24.3 Å². The number of amides is 1. The van der Waals surface area contributed by atoms with Crippen LogP contribution in [-0.2, 0) is 14.8 Å². The molecule has 2 aromatic carbocycles. The van der Waals surface area contributed by atoms with Crippen molar-refractivity contribution in [2.45, 2.75) is 4.90 Å². The van der Waals surface area contributed by atoms with Crippen molar-refractivity contribution < 1.29 is 27.1 Å². The van der Waals surface area contributed by atoms with Gasteiger partial charge in [0.2, 0.25) is 5.91 Å². The molecule has 0 saturated carbocycles. The molecular formula is C19H21FN2O5S. The number of hydrogen-bond donors (Lipinski definition) is 1. The van der Waals surface area contributed by atoms with Crippen molar-refractivity contribution in [3.8, 4) is 11.5 Å². The molecule has 1 N–H and O–H groups in total. The summed E-state index contributed by atoms with van der Waals surface area (Å²) in [6, 6.07) is 9.29. The van der Waals surface area contributed by atoms with E-state index in [1.807, 2.05) is 0 Å². The van der Waals surface area contributed by atoms with Gasteiger partial charge in [-0.1, -0.05) is 18.2 Å². The molecule has 0 aliphatic rings. The van der Waals surface area contributed by atoms with Crippen molar-refractivity contribution in [3.63, 3.8) is 0 Å². The Morgan fingerprint density at radius 1 is 1.18 bits per heavy atom. The summed E-state index contributed by atoms with van der Waals surface area (Å²) in [5.41, 5.74) is -0.244. The number of para-hydroxylation sites is 1. The van der Waals surface area contributed by atoms with E-state index in [-0.39, 0.29) is 22.9 Å². The van der Waals surface area contributed by atoms with Gasteiger partial charge < -0.3 is 14.8 Å². The fraction of sp³-hybridized carbons (Fsp3) is 0.211. The number of sulfonamides is 1. The summed E-state index contributed by atoms with van der Waals surface area (Å²) < 4.78 is 51.8. The Kier molecular flexibility index (Phi) is 7.00. The zero-order valence-electron chi connectivity index (χ0n) is 15.5. The van der Waals surface area contributed by atoms with E-state index in [1.54, 1.807) is 0 Å². The average molecular weight is 408 g/mol. The maximum Gasteiger partial charge on any atom is 0.265 e. The van der Waals surface area contributed by atoms with Gasteiger partial charge in [0.05, 0.1) is 24.8 Å². The van der Waals surface area contributed by atoms with Crippen LogP contribution in [0.4, 0.5) is 10.1 Å². The van der Waals surface area contributed by atoms with Crippen LogP contribution in [0.25, 0.3) is 0 Å². The Hall–Kier alpha value is -3.07. The van der Waals surface area contributed by atoms with Gasteiger partial charge in [0.25, 0.3) is 10.0 Å². The lowest BCUT2D eigenvalue weighted by Crippen LogP contribution is -2.41. The van der Waals surface area contributed by atoms with E-state index in [1.165, 1.54) is 56.7 Å². The van der Waals surface area contributed by atoms with Crippen LogP contribution in [0.1, 0.15) is 0 Å². The first-order chi connectivity index (χ1) is 13.3. The normalized spacial score (nSPS) is 10.8. The maximum atomic E-state index is 14.4. The van der Waals surface area contributed by atoms with Gasteiger partial charge in [-0.25, -0.2) is 12.8 Å². The van der Waals surface area contributed by atoms with Gasteiger partial charge >= 0.3 is 0 Å². The first-order valence-corrected chi connectivity index (χ1v) is 9.66. The van der Waals surface area contributed by atoms with Crippen molar-refractivity contribution in [2.24, 2.45) is 0 Å². The third-order valence-corrected chi connectivity index (χ3v) is 5.55. The SMILES string of the molecule is C=CCNC(=O)CN(c1ccccc1F)S(=O)(=O)c1ccc(OC)c(OC)c1. The van der Waals surface area contributed by atoms with Crippen molar-refractivity contribution >= 4 is 21.6 Å². The minimum absolute atomic E-state index is 0.153. The summed E-state index contributed by atoms with van der Waals surface area (Å²) in [5, 5.41) is 2.49. The molecule has 0 radical (unpaired) electrons. The monoisotopic (exact) mass is 408 g/mol. The van der Waals surface area contributed by atoms with Crippen LogP contribution in [0.15, 0.2) is 60.0 Å². The number of carbonyl (C=O) groups excluding carboxylic acids is 1. The fourth-order valence-corrected chi connectivity index (χ4v) is 3.87. The number of ether oxygens (including phenoxy) is 2. The fourth-order valence-electron chi connectivity index (χ4n) is 2.43. The number of carbonyl (C=O) groups is 1. The first kappa shape index (κ1) is 21.2.